The van der Waals surface area contributed by atoms with Gasteiger partial charge in [-0.15, -0.1) is 0 Å². The SMILES string of the molecule is CCOC(=O)CCCNC(C)C(=O)OC(C)(C)C. The topological polar surface area (TPSA) is 64.6 Å². The van der Waals surface area contributed by atoms with Crippen LogP contribution in [0.4, 0.5) is 0 Å². The van der Waals surface area contributed by atoms with Crippen LogP contribution in [-0.4, -0.2) is 36.7 Å². The van der Waals surface area contributed by atoms with E-state index in [-0.39, 0.29) is 18.0 Å². The Morgan fingerprint density at radius 1 is 1.28 bits per heavy atom. The van der Waals surface area contributed by atoms with Gasteiger partial charge in [0, 0.05) is 6.42 Å². The van der Waals surface area contributed by atoms with Gasteiger partial charge in [-0.25, -0.2) is 0 Å². The molecule has 0 aromatic carbocycles. The molecule has 0 aliphatic heterocycles. The average molecular weight is 259 g/mol. The molecule has 5 heteroatoms. The summed E-state index contributed by atoms with van der Waals surface area (Å²) in [6, 6.07) is -0.369. The van der Waals surface area contributed by atoms with Crippen LogP contribution in [0.25, 0.3) is 0 Å². The van der Waals surface area contributed by atoms with Gasteiger partial charge in [-0.05, 0) is 47.6 Å². The molecule has 0 radical (unpaired) electrons. The monoisotopic (exact) mass is 259 g/mol. The Kier molecular flexibility index (Phi) is 7.59. The lowest BCUT2D eigenvalue weighted by atomic mass is 10.2. The highest BCUT2D eigenvalue weighted by Crippen LogP contribution is 2.08. The van der Waals surface area contributed by atoms with Gasteiger partial charge < -0.3 is 14.8 Å². The van der Waals surface area contributed by atoms with Gasteiger partial charge in [0.25, 0.3) is 0 Å². The Labute approximate surface area is 109 Å². The maximum absolute atomic E-state index is 11.6. The van der Waals surface area contributed by atoms with E-state index in [9.17, 15) is 9.59 Å². The molecule has 0 heterocycles. The molecule has 0 bridgehead atoms. The first kappa shape index (κ1) is 16.9. The van der Waals surface area contributed by atoms with Crippen LogP contribution < -0.4 is 5.32 Å². The quantitative estimate of drug-likeness (QED) is 0.556. The fourth-order valence-electron chi connectivity index (χ4n) is 1.26. The molecule has 0 fully saturated rings. The molecule has 0 aromatic rings. The number of hydrogen-bond acceptors (Lipinski definition) is 5. The maximum Gasteiger partial charge on any atom is 0.323 e. The second-order valence-corrected chi connectivity index (χ2v) is 5.12. The minimum absolute atomic E-state index is 0.204. The van der Waals surface area contributed by atoms with Gasteiger partial charge in [-0.3, -0.25) is 9.59 Å². The summed E-state index contributed by atoms with van der Waals surface area (Å²) in [6.45, 7) is 10.0. The van der Waals surface area contributed by atoms with E-state index in [1.54, 1.807) is 13.8 Å². The molecule has 0 aliphatic carbocycles. The van der Waals surface area contributed by atoms with Crippen LogP contribution in [-0.2, 0) is 19.1 Å². The average Bonchev–Trinajstić information content (AvgIpc) is 2.22. The van der Waals surface area contributed by atoms with Crippen LogP contribution in [0, 0.1) is 0 Å². The minimum Gasteiger partial charge on any atom is -0.466 e. The molecule has 0 aromatic heterocycles. The number of rotatable bonds is 7. The smallest absolute Gasteiger partial charge is 0.323 e. The molecule has 0 rings (SSSR count). The number of hydrogen-bond donors (Lipinski definition) is 1. The standard InChI is InChI=1S/C13H25NO4/c1-6-17-11(15)8-7-9-14-10(2)12(16)18-13(3,4)5/h10,14H,6-9H2,1-5H3. The van der Waals surface area contributed by atoms with E-state index >= 15 is 0 Å². The molecule has 0 aliphatic rings. The molecule has 0 amide bonds. The number of carbonyl (C=O) groups is 2. The van der Waals surface area contributed by atoms with Crippen LogP contribution in [0.3, 0.4) is 0 Å². The molecule has 0 saturated carbocycles. The van der Waals surface area contributed by atoms with Crippen LogP contribution >= 0.6 is 0 Å². The lowest BCUT2D eigenvalue weighted by Crippen LogP contribution is -2.39. The lowest BCUT2D eigenvalue weighted by molar-refractivity contribution is -0.156. The van der Waals surface area contributed by atoms with Crippen molar-refractivity contribution in [2.45, 2.75) is 59.1 Å². The third-order valence-electron chi connectivity index (χ3n) is 2.07. The van der Waals surface area contributed by atoms with Gasteiger partial charge >= 0.3 is 11.9 Å². The highest BCUT2D eigenvalue weighted by molar-refractivity contribution is 5.75. The summed E-state index contributed by atoms with van der Waals surface area (Å²) in [7, 11) is 0. The van der Waals surface area contributed by atoms with Crippen molar-refractivity contribution in [2.75, 3.05) is 13.2 Å². The molecule has 18 heavy (non-hydrogen) atoms. The predicted molar refractivity (Wildman–Crippen MR) is 69.2 cm³/mol. The van der Waals surface area contributed by atoms with Crippen LogP contribution in [0.15, 0.2) is 0 Å². The zero-order chi connectivity index (χ0) is 14.2. The molecule has 106 valence electrons. The van der Waals surface area contributed by atoms with Crippen molar-refractivity contribution in [3.05, 3.63) is 0 Å². The lowest BCUT2D eigenvalue weighted by Gasteiger charge is -2.22. The fraction of sp³-hybridized carbons (Fsp3) is 0.846. The van der Waals surface area contributed by atoms with Gasteiger partial charge in [0.2, 0.25) is 0 Å². The third-order valence-corrected chi connectivity index (χ3v) is 2.07. The molecular weight excluding hydrogens is 234 g/mol. The van der Waals surface area contributed by atoms with E-state index in [2.05, 4.69) is 5.32 Å². The first-order chi connectivity index (χ1) is 8.26. The minimum atomic E-state index is -0.474. The molecule has 1 atom stereocenters. The summed E-state index contributed by atoms with van der Waals surface area (Å²) in [6.07, 6.45) is 1.01. The summed E-state index contributed by atoms with van der Waals surface area (Å²) in [5, 5.41) is 3.02. The fourth-order valence-corrected chi connectivity index (χ4v) is 1.26. The van der Waals surface area contributed by atoms with E-state index in [0.29, 0.717) is 26.0 Å². The van der Waals surface area contributed by atoms with Crippen molar-refractivity contribution in [3.8, 4) is 0 Å². The molecule has 0 spiro atoms. The second-order valence-electron chi connectivity index (χ2n) is 5.12. The van der Waals surface area contributed by atoms with E-state index in [0.717, 1.165) is 0 Å². The van der Waals surface area contributed by atoms with Crippen molar-refractivity contribution in [2.24, 2.45) is 0 Å². The molecular formula is C13H25NO4. The maximum atomic E-state index is 11.6. The van der Waals surface area contributed by atoms with Gasteiger partial charge in [0.1, 0.15) is 11.6 Å². The van der Waals surface area contributed by atoms with E-state index in [4.69, 9.17) is 9.47 Å². The van der Waals surface area contributed by atoms with Crippen molar-refractivity contribution in [1.82, 2.24) is 5.32 Å². The highest BCUT2D eigenvalue weighted by atomic mass is 16.6. The zero-order valence-electron chi connectivity index (χ0n) is 12.0. The van der Waals surface area contributed by atoms with E-state index < -0.39 is 5.60 Å². The third kappa shape index (κ3) is 8.98. The molecule has 1 N–H and O–H groups in total. The van der Waals surface area contributed by atoms with Crippen molar-refractivity contribution >= 4 is 11.9 Å². The zero-order valence-corrected chi connectivity index (χ0v) is 12.0. The summed E-state index contributed by atoms with van der Waals surface area (Å²) < 4.78 is 10.0. The van der Waals surface area contributed by atoms with Crippen molar-refractivity contribution < 1.29 is 19.1 Å². The highest BCUT2D eigenvalue weighted by Gasteiger charge is 2.20. The predicted octanol–water partition coefficient (Wildman–Crippen LogP) is 1.65. The second kappa shape index (κ2) is 8.08. The van der Waals surface area contributed by atoms with Crippen LogP contribution in [0.1, 0.15) is 47.5 Å². The van der Waals surface area contributed by atoms with Gasteiger partial charge in [0.15, 0.2) is 0 Å². The van der Waals surface area contributed by atoms with Crippen LogP contribution in [0.5, 0.6) is 0 Å². The van der Waals surface area contributed by atoms with Gasteiger partial charge in [-0.1, -0.05) is 0 Å². The number of esters is 2. The Balaban J connectivity index is 3.74. The summed E-state index contributed by atoms with van der Waals surface area (Å²) >= 11 is 0. The number of carbonyl (C=O) groups excluding carboxylic acids is 2. The Bertz CT molecular complexity index is 271. The van der Waals surface area contributed by atoms with Gasteiger partial charge in [0.05, 0.1) is 6.61 Å². The largest absolute Gasteiger partial charge is 0.466 e. The Morgan fingerprint density at radius 2 is 1.89 bits per heavy atom. The Morgan fingerprint density at radius 3 is 2.39 bits per heavy atom. The van der Waals surface area contributed by atoms with Crippen molar-refractivity contribution in [3.63, 3.8) is 0 Å². The first-order valence-corrected chi connectivity index (χ1v) is 6.38. The summed E-state index contributed by atoms with van der Waals surface area (Å²) in [4.78, 5) is 22.7. The summed E-state index contributed by atoms with van der Waals surface area (Å²) in [5.41, 5.74) is -0.474. The number of nitrogens with one attached hydrogen (secondary N) is 1. The molecule has 5 nitrogen and oxygen atoms in total. The van der Waals surface area contributed by atoms with E-state index in [1.165, 1.54) is 0 Å². The Hall–Kier alpha value is -1.10. The summed E-state index contributed by atoms with van der Waals surface area (Å²) in [5.74, 6) is -0.483. The van der Waals surface area contributed by atoms with Crippen molar-refractivity contribution in [1.29, 1.82) is 0 Å². The molecule has 1 unspecified atom stereocenters. The van der Waals surface area contributed by atoms with Crippen LogP contribution in [0.2, 0.25) is 0 Å². The number of ether oxygens (including phenoxy) is 2. The first-order valence-electron chi connectivity index (χ1n) is 6.38. The van der Waals surface area contributed by atoms with Gasteiger partial charge in [-0.2, -0.15) is 0 Å². The molecule has 0 saturated heterocycles. The van der Waals surface area contributed by atoms with E-state index in [1.807, 2.05) is 20.8 Å². The normalized spacial score (nSPS) is 12.9.